The molecular formula is C12H22N2O3. The molecule has 0 aromatic carbocycles. The predicted molar refractivity (Wildman–Crippen MR) is 63.8 cm³/mol. The van der Waals surface area contributed by atoms with Crippen LogP contribution in [0.5, 0.6) is 0 Å². The normalized spacial score (nSPS) is 27.8. The Morgan fingerprint density at radius 3 is 2.59 bits per heavy atom. The van der Waals surface area contributed by atoms with Gasteiger partial charge in [0.15, 0.2) is 0 Å². The summed E-state index contributed by atoms with van der Waals surface area (Å²) >= 11 is 0. The highest BCUT2D eigenvalue weighted by Gasteiger charge is 2.49. The molecule has 1 atom stereocenters. The first-order valence-corrected chi connectivity index (χ1v) is 6.22. The Kier molecular flexibility index (Phi) is 3.08. The number of nitrogens with one attached hydrogen (secondary N) is 1. The van der Waals surface area contributed by atoms with E-state index >= 15 is 0 Å². The van der Waals surface area contributed by atoms with E-state index in [0.717, 1.165) is 13.1 Å². The molecule has 0 aliphatic carbocycles. The number of nitrogens with zero attached hydrogens (tertiary/aromatic N) is 1. The zero-order chi connectivity index (χ0) is 12.7. The molecule has 17 heavy (non-hydrogen) atoms. The molecule has 2 aliphatic heterocycles. The number of amides is 1. The topological polar surface area (TPSA) is 61.8 Å². The molecule has 5 nitrogen and oxygen atoms in total. The Balaban J connectivity index is 2.06. The van der Waals surface area contributed by atoms with Crippen molar-refractivity contribution in [3.63, 3.8) is 0 Å². The van der Waals surface area contributed by atoms with Crippen molar-refractivity contribution in [1.82, 2.24) is 10.2 Å². The van der Waals surface area contributed by atoms with Gasteiger partial charge in [0.05, 0.1) is 11.6 Å². The van der Waals surface area contributed by atoms with Crippen LogP contribution >= 0.6 is 0 Å². The molecule has 2 N–H and O–H groups in total. The minimum Gasteiger partial charge on any atom is -0.444 e. The van der Waals surface area contributed by atoms with E-state index in [9.17, 15) is 9.90 Å². The summed E-state index contributed by atoms with van der Waals surface area (Å²) in [6.45, 7) is 7.70. The van der Waals surface area contributed by atoms with E-state index in [2.05, 4.69) is 5.32 Å². The van der Waals surface area contributed by atoms with Gasteiger partial charge in [-0.1, -0.05) is 0 Å². The van der Waals surface area contributed by atoms with Gasteiger partial charge in [-0.25, -0.2) is 4.79 Å². The van der Waals surface area contributed by atoms with Gasteiger partial charge in [-0.3, -0.25) is 4.90 Å². The van der Waals surface area contributed by atoms with Crippen LogP contribution in [0.2, 0.25) is 0 Å². The molecule has 0 aromatic heterocycles. The minimum absolute atomic E-state index is 0.222. The summed E-state index contributed by atoms with van der Waals surface area (Å²) in [4.78, 5) is 13.9. The lowest BCUT2D eigenvalue weighted by atomic mass is 9.80. The van der Waals surface area contributed by atoms with Crippen LogP contribution in [0.3, 0.4) is 0 Å². The average Bonchev–Trinajstić information content (AvgIpc) is 2.12. The van der Waals surface area contributed by atoms with Crippen molar-refractivity contribution >= 4 is 6.09 Å². The fourth-order valence-electron chi connectivity index (χ4n) is 2.52. The first-order chi connectivity index (χ1) is 7.82. The van der Waals surface area contributed by atoms with Crippen LogP contribution in [0.25, 0.3) is 0 Å². The van der Waals surface area contributed by atoms with E-state index < -0.39 is 5.60 Å². The molecule has 0 saturated carbocycles. The fraction of sp³-hybridized carbons (Fsp3) is 0.917. The number of likely N-dealkylation sites (tertiary alicyclic amines) is 1. The van der Waals surface area contributed by atoms with E-state index in [1.165, 1.54) is 0 Å². The number of rotatable bonds is 0. The van der Waals surface area contributed by atoms with Crippen molar-refractivity contribution in [1.29, 1.82) is 0 Å². The minimum atomic E-state index is -0.467. The highest BCUT2D eigenvalue weighted by molar-refractivity contribution is 5.70. The van der Waals surface area contributed by atoms with Gasteiger partial charge in [0.2, 0.25) is 0 Å². The smallest absolute Gasteiger partial charge is 0.410 e. The molecule has 1 amide bonds. The first kappa shape index (κ1) is 12.6. The highest BCUT2D eigenvalue weighted by Crippen LogP contribution is 2.33. The highest BCUT2D eigenvalue weighted by atomic mass is 16.6. The van der Waals surface area contributed by atoms with Gasteiger partial charge in [-0.15, -0.1) is 0 Å². The summed E-state index contributed by atoms with van der Waals surface area (Å²) in [5, 5.41) is 12.9. The number of hydrogen-bond donors (Lipinski definition) is 2. The predicted octanol–water partition coefficient (Wildman–Crippen LogP) is 0.720. The van der Waals surface area contributed by atoms with E-state index in [-0.39, 0.29) is 17.7 Å². The molecule has 2 heterocycles. The molecule has 0 radical (unpaired) electrons. The fourth-order valence-corrected chi connectivity index (χ4v) is 2.52. The van der Waals surface area contributed by atoms with Gasteiger partial charge < -0.3 is 15.2 Å². The van der Waals surface area contributed by atoms with Crippen LogP contribution in [0, 0.1) is 0 Å². The van der Waals surface area contributed by atoms with Crippen molar-refractivity contribution < 1.29 is 14.6 Å². The number of carbonyl (C=O) groups is 1. The zero-order valence-electron chi connectivity index (χ0n) is 10.8. The molecule has 2 fully saturated rings. The maximum absolute atomic E-state index is 12.1. The van der Waals surface area contributed by atoms with Gasteiger partial charge in [0, 0.05) is 19.6 Å². The zero-order valence-corrected chi connectivity index (χ0v) is 10.8. The average molecular weight is 242 g/mol. The van der Waals surface area contributed by atoms with E-state index in [1.54, 1.807) is 4.90 Å². The molecule has 1 unspecified atom stereocenters. The molecule has 2 saturated heterocycles. The van der Waals surface area contributed by atoms with Gasteiger partial charge in [0.25, 0.3) is 0 Å². The standard InChI is InChI=1S/C12H22N2O3/c1-11(2,3)17-10(16)14-5-4-9(15)6-12(14)7-13-8-12/h9,13,15H,4-8H2,1-3H3. The summed E-state index contributed by atoms with van der Waals surface area (Å²) < 4.78 is 5.42. The maximum Gasteiger partial charge on any atom is 0.410 e. The summed E-state index contributed by atoms with van der Waals surface area (Å²) in [7, 11) is 0. The van der Waals surface area contributed by atoms with Crippen LogP contribution in [0.15, 0.2) is 0 Å². The number of hydrogen-bond acceptors (Lipinski definition) is 4. The number of piperidine rings is 1. The van der Waals surface area contributed by atoms with Crippen molar-refractivity contribution in [2.24, 2.45) is 0 Å². The van der Waals surface area contributed by atoms with Crippen LogP contribution < -0.4 is 5.32 Å². The van der Waals surface area contributed by atoms with Crippen molar-refractivity contribution in [3.8, 4) is 0 Å². The lowest BCUT2D eigenvalue weighted by Gasteiger charge is -2.54. The molecule has 0 aromatic rings. The van der Waals surface area contributed by atoms with Crippen molar-refractivity contribution in [2.45, 2.75) is 50.9 Å². The Morgan fingerprint density at radius 2 is 2.12 bits per heavy atom. The maximum atomic E-state index is 12.1. The number of aliphatic hydroxyl groups excluding tert-OH is 1. The molecule has 0 bridgehead atoms. The van der Waals surface area contributed by atoms with Gasteiger partial charge in [-0.05, 0) is 33.6 Å². The van der Waals surface area contributed by atoms with E-state index in [0.29, 0.717) is 19.4 Å². The Labute approximate surface area is 102 Å². The van der Waals surface area contributed by atoms with Crippen molar-refractivity contribution in [2.75, 3.05) is 19.6 Å². The third kappa shape index (κ3) is 2.55. The second-order valence-corrected chi connectivity index (χ2v) is 6.11. The Hall–Kier alpha value is -0.810. The van der Waals surface area contributed by atoms with Crippen molar-refractivity contribution in [3.05, 3.63) is 0 Å². The van der Waals surface area contributed by atoms with Crippen LogP contribution in [-0.2, 0) is 4.74 Å². The number of aliphatic hydroxyl groups is 1. The Morgan fingerprint density at radius 1 is 1.47 bits per heavy atom. The van der Waals surface area contributed by atoms with Crippen LogP contribution in [-0.4, -0.2) is 53.0 Å². The van der Waals surface area contributed by atoms with E-state index in [1.807, 2.05) is 20.8 Å². The monoisotopic (exact) mass is 242 g/mol. The molecule has 98 valence electrons. The van der Waals surface area contributed by atoms with Crippen LogP contribution in [0.1, 0.15) is 33.6 Å². The molecule has 5 heteroatoms. The molecule has 1 spiro atoms. The number of ether oxygens (including phenoxy) is 1. The first-order valence-electron chi connectivity index (χ1n) is 6.22. The van der Waals surface area contributed by atoms with Gasteiger partial charge in [-0.2, -0.15) is 0 Å². The van der Waals surface area contributed by atoms with E-state index in [4.69, 9.17) is 4.74 Å². The largest absolute Gasteiger partial charge is 0.444 e. The summed E-state index contributed by atoms with van der Waals surface area (Å²) in [6.07, 6.45) is 0.738. The summed E-state index contributed by atoms with van der Waals surface area (Å²) in [6, 6.07) is 0. The van der Waals surface area contributed by atoms with Gasteiger partial charge >= 0.3 is 6.09 Å². The van der Waals surface area contributed by atoms with Gasteiger partial charge in [0.1, 0.15) is 5.60 Å². The molecule has 2 rings (SSSR count). The second-order valence-electron chi connectivity index (χ2n) is 6.11. The molecular weight excluding hydrogens is 220 g/mol. The Bertz CT molecular complexity index is 307. The molecule has 2 aliphatic rings. The third-order valence-corrected chi connectivity index (χ3v) is 3.40. The SMILES string of the molecule is CC(C)(C)OC(=O)N1CCC(O)CC12CNC2. The summed E-state index contributed by atoms with van der Waals surface area (Å²) in [5.41, 5.74) is -0.689. The second kappa shape index (κ2) is 4.14. The third-order valence-electron chi connectivity index (χ3n) is 3.40. The quantitative estimate of drug-likeness (QED) is 0.657. The lowest BCUT2D eigenvalue weighted by Crippen LogP contribution is -2.73. The summed E-state index contributed by atoms with van der Waals surface area (Å²) in [5.74, 6) is 0. The number of carbonyl (C=O) groups excluding carboxylic acids is 1. The van der Waals surface area contributed by atoms with Crippen LogP contribution in [0.4, 0.5) is 4.79 Å². The lowest BCUT2D eigenvalue weighted by molar-refractivity contribution is -0.0613.